The number of aromatic nitrogens is 1. The average Bonchev–Trinajstić information content (AvgIpc) is 2.48. The fraction of sp³-hybridized carbons (Fsp3) is 0.250. The Morgan fingerprint density at radius 1 is 1.30 bits per heavy atom. The highest BCUT2D eigenvalue weighted by Gasteiger charge is 2.23. The average molecular weight is 268 g/mol. The van der Waals surface area contributed by atoms with Gasteiger partial charge in [0.2, 0.25) is 0 Å². The van der Waals surface area contributed by atoms with Crippen LogP contribution in [0.4, 0.5) is 5.69 Å². The second-order valence-corrected chi connectivity index (χ2v) is 4.91. The molecule has 0 saturated carbocycles. The van der Waals surface area contributed by atoms with Crippen LogP contribution in [0.3, 0.4) is 0 Å². The fourth-order valence-electron chi connectivity index (χ4n) is 2.49. The third-order valence-corrected chi connectivity index (χ3v) is 3.54. The Bertz CT molecular complexity index is 623. The maximum absolute atomic E-state index is 12.3. The van der Waals surface area contributed by atoms with Gasteiger partial charge in [0.15, 0.2) is 5.78 Å². The van der Waals surface area contributed by atoms with Crippen molar-refractivity contribution in [3.8, 4) is 0 Å². The highest BCUT2D eigenvalue weighted by molar-refractivity contribution is 5.94. The topological polar surface area (TPSA) is 65.2 Å². The summed E-state index contributed by atoms with van der Waals surface area (Å²) in [4.78, 5) is 16.3. The van der Waals surface area contributed by atoms with Crippen LogP contribution in [-0.2, 0) is 11.2 Å². The lowest BCUT2D eigenvalue weighted by Crippen LogP contribution is -2.19. The molecule has 1 aliphatic heterocycles. The molecule has 1 aliphatic rings. The zero-order valence-corrected chi connectivity index (χ0v) is 11.1. The number of carbonyl (C=O) groups excluding carboxylic acids is 1. The van der Waals surface area contributed by atoms with Gasteiger partial charge in [-0.3, -0.25) is 9.78 Å². The molecule has 102 valence electrons. The number of rotatable bonds is 3. The molecule has 2 N–H and O–H groups in total. The van der Waals surface area contributed by atoms with Crippen molar-refractivity contribution < 1.29 is 9.53 Å². The first-order valence-corrected chi connectivity index (χ1v) is 6.68. The van der Waals surface area contributed by atoms with Crippen molar-refractivity contribution >= 4 is 11.5 Å². The first-order valence-electron chi connectivity index (χ1n) is 6.68. The zero-order valence-electron chi connectivity index (χ0n) is 11.1. The molecule has 2 heterocycles. The summed E-state index contributed by atoms with van der Waals surface area (Å²) >= 11 is 0. The molecule has 1 atom stereocenters. The van der Waals surface area contributed by atoms with Crippen LogP contribution in [-0.4, -0.2) is 17.4 Å². The Kier molecular flexibility index (Phi) is 3.48. The largest absolute Gasteiger partial charge is 0.397 e. The van der Waals surface area contributed by atoms with Crippen molar-refractivity contribution in [2.75, 3.05) is 12.3 Å². The van der Waals surface area contributed by atoms with Gasteiger partial charge < -0.3 is 10.5 Å². The summed E-state index contributed by atoms with van der Waals surface area (Å²) in [7, 11) is 0. The van der Waals surface area contributed by atoms with E-state index in [0.29, 0.717) is 24.4 Å². The van der Waals surface area contributed by atoms with Crippen LogP contribution < -0.4 is 5.73 Å². The van der Waals surface area contributed by atoms with Gasteiger partial charge in [0.1, 0.15) is 5.69 Å². The number of Topliss-reactive ketones (excluding diaryl/α,β-unsaturated/α-hetero) is 1. The van der Waals surface area contributed by atoms with Crippen molar-refractivity contribution in [2.24, 2.45) is 0 Å². The van der Waals surface area contributed by atoms with E-state index in [-0.39, 0.29) is 11.9 Å². The third kappa shape index (κ3) is 2.56. The number of hydrogen-bond donors (Lipinski definition) is 1. The summed E-state index contributed by atoms with van der Waals surface area (Å²) < 4.78 is 5.75. The van der Waals surface area contributed by atoms with E-state index in [1.54, 1.807) is 12.1 Å². The van der Waals surface area contributed by atoms with E-state index >= 15 is 0 Å². The molecule has 1 aromatic heterocycles. The van der Waals surface area contributed by atoms with E-state index in [9.17, 15) is 4.79 Å². The standard InChI is InChI=1S/C16H16N2O2/c17-12-5-6-14(18-10-12)15(19)9-16-13-4-2-1-3-11(13)7-8-20-16/h1-6,10,16H,7-9,17H2. The minimum absolute atomic E-state index is 0.0216. The van der Waals surface area contributed by atoms with E-state index in [2.05, 4.69) is 11.1 Å². The molecular weight excluding hydrogens is 252 g/mol. The van der Waals surface area contributed by atoms with Gasteiger partial charge in [0, 0.05) is 6.42 Å². The molecule has 0 spiro atoms. The predicted octanol–water partition coefficient (Wildman–Crippen LogP) is 2.55. The Labute approximate surface area is 117 Å². The maximum Gasteiger partial charge on any atom is 0.184 e. The molecule has 1 aromatic carbocycles. The molecule has 0 radical (unpaired) electrons. The number of anilines is 1. The first-order chi connectivity index (χ1) is 9.74. The van der Waals surface area contributed by atoms with Gasteiger partial charge in [-0.25, -0.2) is 0 Å². The van der Waals surface area contributed by atoms with Crippen LogP contribution >= 0.6 is 0 Å². The molecule has 20 heavy (non-hydrogen) atoms. The monoisotopic (exact) mass is 268 g/mol. The zero-order chi connectivity index (χ0) is 13.9. The molecule has 0 bridgehead atoms. The fourth-order valence-corrected chi connectivity index (χ4v) is 2.49. The normalized spacial score (nSPS) is 17.5. The van der Waals surface area contributed by atoms with Crippen LogP contribution in [0.5, 0.6) is 0 Å². The smallest absolute Gasteiger partial charge is 0.184 e. The number of nitrogen functional groups attached to an aromatic ring is 1. The molecule has 4 nitrogen and oxygen atoms in total. The first kappa shape index (κ1) is 12.8. The number of ether oxygens (including phenoxy) is 1. The number of hydrogen-bond acceptors (Lipinski definition) is 4. The third-order valence-electron chi connectivity index (χ3n) is 3.54. The van der Waals surface area contributed by atoms with Crippen molar-refractivity contribution in [1.29, 1.82) is 0 Å². The van der Waals surface area contributed by atoms with Crippen molar-refractivity contribution in [1.82, 2.24) is 4.98 Å². The second-order valence-electron chi connectivity index (χ2n) is 4.91. The molecule has 0 amide bonds. The number of nitrogens with zero attached hydrogens (tertiary/aromatic N) is 1. The number of benzene rings is 1. The van der Waals surface area contributed by atoms with Crippen LogP contribution in [0, 0.1) is 0 Å². The Balaban J connectivity index is 1.79. The predicted molar refractivity (Wildman–Crippen MR) is 76.4 cm³/mol. The van der Waals surface area contributed by atoms with Crippen molar-refractivity contribution in [3.63, 3.8) is 0 Å². The molecule has 0 aliphatic carbocycles. The van der Waals surface area contributed by atoms with Gasteiger partial charge in [-0.15, -0.1) is 0 Å². The number of pyridine rings is 1. The van der Waals surface area contributed by atoms with E-state index < -0.39 is 0 Å². The summed E-state index contributed by atoms with van der Waals surface area (Å²) in [6.07, 6.45) is 2.55. The second kappa shape index (κ2) is 5.43. The molecule has 4 heteroatoms. The summed E-state index contributed by atoms with van der Waals surface area (Å²) in [5.41, 5.74) is 8.95. The number of carbonyl (C=O) groups is 1. The lowest BCUT2D eigenvalue weighted by molar-refractivity contribution is 0.0350. The summed E-state index contributed by atoms with van der Waals surface area (Å²) in [6.45, 7) is 0.657. The van der Waals surface area contributed by atoms with Crippen molar-refractivity contribution in [2.45, 2.75) is 18.9 Å². The van der Waals surface area contributed by atoms with E-state index in [0.717, 1.165) is 12.0 Å². The lowest BCUT2D eigenvalue weighted by atomic mass is 9.94. The van der Waals surface area contributed by atoms with Crippen LogP contribution in [0.25, 0.3) is 0 Å². The van der Waals surface area contributed by atoms with Gasteiger partial charge in [0.25, 0.3) is 0 Å². The molecule has 1 unspecified atom stereocenters. The summed E-state index contributed by atoms with van der Waals surface area (Å²) in [5, 5.41) is 0. The Morgan fingerprint density at radius 3 is 2.95 bits per heavy atom. The quantitative estimate of drug-likeness (QED) is 0.869. The molecule has 0 saturated heterocycles. The van der Waals surface area contributed by atoms with Gasteiger partial charge >= 0.3 is 0 Å². The van der Waals surface area contributed by atoms with Gasteiger partial charge in [0.05, 0.1) is 24.6 Å². The van der Waals surface area contributed by atoms with Gasteiger partial charge in [-0.2, -0.15) is 0 Å². The van der Waals surface area contributed by atoms with E-state index in [1.165, 1.54) is 11.8 Å². The molecule has 3 rings (SSSR count). The molecule has 2 aromatic rings. The number of nitrogens with two attached hydrogens (primary N) is 1. The minimum atomic E-state index is -0.174. The number of ketones is 1. The molecule has 0 fully saturated rings. The maximum atomic E-state index is 12.3. The highest BCUT2D eigenvalue weighted by Crippen LogP contribution is 2.30. The van der Waals surface area contributed by atoms with Gasteiger partial charge in [-0.05, 0) is 29.7 Å². The molecular formula is C16H16N2O2. The van der Waals surface area contributed by atoms with E-state index in [4.69, 9.17) is 10.5 Å². The van der Waals surface area contributed by atoms with Crippen LogP contribution in [0.15, 0.2) is 42.6 Å². The Hall–Kier alpha value is -2.20. The summed E-state index contributed by atoms with van der Waals surface area (Å²) in [5.74, 6) is -0.0216. The summed E-state index contributed by atoms with van der Waals surface area (Å²) in [6, 6.07) is 11.5. The lowest BCUT2D eigenvalue weighted by Gasteiger charge is -2.25. The van der Waals surface area contributed by atoms with Gasteiger partial charge in [-0.1, -0.05) is 24.3 Å². The number of fused-ring (bicyclic) bond motifs is 1. The SMILES string of the molecule is Nc1ccc(C(=O)CC2OCCc3ccccc32)nc1. The minimum Gasteiger partial charge on any atom is -0.397 e. The highest BCUT2D eigenvalue weighted by atomic mass is 16.5. The van der Waals surface area contributed by atoms with Crippen molar-refractivity contribution in [3.05, 3.63) is 59.4 Å². The van der Waals surface area contributed by atoms with E-state index in [1.807, 2.05) is 18.2 Å². The van der Waals surface area contributed by atoms with Crippen LogP contribution in [0.1, 0.15) is 34.1 Å². The Morgan fingerprint density at radius 2 is 2.15 bits per heavy atom. The van der Waals surface area contributed by atoms with Crippen LogP contribution in [0.2, 0.25) is 0 Å².